The Hall–Kier alpha value is -3.37. The number of nitrogens with two attached hydrogens (primary N) is 1. The van der Waals surface area contributed by atoms with Gasteiger partial charge in [0.1, 0.15) is 23.6 Å². The topological polar surface area (TPSA) is 110 Å². The summed E-state index contributed by atoms with van der Waals surface area (Å²) in [5.74, 6) is 0.684. The van der Waals surface area contributed by atoms with Crippen LogP contribution in [-0.4, -0.2) is 27.6 Å². The summed E-state index contributed by atoms with van der Waals surface area (Å²) in [5.41, 5.74) is 8.17. The third-order valence-electron chi connectivity index (χ3n) is 4.58. The van der Waals surface area contributed by atoms with Crippen molar-refractivity contribution < 1.29 is 22.0 Å². The smallest absolute Gasteiger partial charge is 0.229 e. The molecule has 1 aliphatic rings. The molecule has 156 valence electrons. The minimum atomic E-state index is -3.67. The molecule has 2 heterocycles. The molecule has 0 bridgehead atoms. The number of sulfonamides is 1. The Morgan fingerprint density at radius 2 is 1.93 bits per heavy atom. The Kier molecular flexibility index (Phi) is 4.96. The molecular formula is C20H19FN4O4S. The first-order valence-electron chi connectivity index (χ1n) is 8.89. The Bertz CT molecular complexity index is 1220. The van der Waals surface area contributed by atoms with Crippen LogP contribution in [0, 0.1) is 5.82 Å². The molecule has 4 rings (SSSR count). The van der Waals surface area contributed by atoms with Crippen LogP contribution >= 0.6 is 0 Å². The molecule has 0 aliphatic carbocycles. The minimum absolute atomic E-state index is 0.189. The fourth-order valence-electron chi connectivity index (χ4n) is 3.22. The molecule has 1 aliphatic heterocycles. The van der Waals surface area contributed by atoms with Crippen molar-refractivity contribution >= 4 is 33.1 Å². The molecule has 0 saturated carbocycles. The zero-order chi connectivity index (χ0) is 21.5. The number of halogens is 1. The Morgan fingerprint density at radius 3 is 2.60 bits per heavy atom. The number of rotatable bonds is 5. The normalized spacial score (nSPS) is 16.1. The van der Waals surface area contributed by atoms with Crippen LogP contribution in [0.3, 0.4) is 0 Å². The molecule has 1 atom stereocenters. The molecule has 1 unspecified atom stereocenters. The predicted octanol–water partition coefficient (Wildman–Crippen LogP) is 3.35. The van der Waals surface area contributed by atoms with Gasteiger partial charge in [0, 0.05) is 11.3 Å². The van der Waals surface area contributed by atoms with Crippen LogP contribution in [0.15, 0.2) is 64.2 Å². The van der Waals surface area contributed by atoms with Gasteiger partial charge in [-0.3, -0.25) is 4.72 Å². The highest BCUT2D eigenvalue weighted by Crippen LogP contribution is 2.38. The number of furan rings is 1. The highest BCUT2D eigenvalue weighted by molar-refractivity contribution is 7.92. The van der Waals surface area contributed by atoms with Gasteiger partial charge in [0.25, 0.3) is 0 Å². The molecule has 0 saturated heterocycles. The summed E-state index contributed by atoms with van der Waals surface area (Å²) in [5, 5.41) is 0. The number of hydrogen-bond donors (Lipinski definition) is 2. The van der Waals surface area contributed by atoms with E-state index in [1.165, 1.54) is 24.5 Å². The predicted molar refractivity (Wildman–Crippen MR) is 112 cm³/mol. The molecule has 3 aromatic rings. The van der Waals surface area contributed by atoms with Gasteiger partial charge in [-0.25, -0.2) is 12.8 Å². The number of hydrogen-bond acceptors (Lipinski definition) is 7. The summed E-state index contributed by atoms with van der Waals surface area (Å²) in [6.07, 6.45) is 1.81. The van der Waals surface area contributed by atoms with E-state index < -0.39 is 22.0 Å². The fraction of sp³-hybridized carbons (Fsp3) is 0.150. The number of aliphatic imine (C=N–C) groups is 1. The number of methoxy groups -OCH3 is 1. The third-order valence-corrected chi connectivity index (χ3v) is 5.17. The van der Waals surface area contributed by atoms with Crippen LogP contribution in [0.4, 0.5) is 21.6 Å². The van der Waals surface area contributed by atoms with Gasteiger partial charge in [0.15, 0.2) is 0 Å². The van der Waals surface area contributed by atoms with Gasteiger partial charge >= 0.3 is 0 Å². The molecule has 0 fully saturated rings. The molecule has 0 radical (unpaired) electrons. The maximum atomic E-state index is 14.2. The largest absolute Gasteiger partial charge is 0.497 e. The Morgan fingerprint density at radius 1 is 1.20 bits per heavy atom. The molecule has 3 N–H and O–H groups in total. The lowest BCUT2D eigenvalue weighted by atomic mass is 10.1. The zero-order valence-electron chi connectivity index (χ0n) is 16.2. The second kappa shape index (κ2) is 7.47. The average Bonchev–Trinajstić information content (AvgIpc) is 3.18. The summed E-state index contributed by atoms with van der Waals surface area (Å²) in [6, 6.07) is 13.0. The van der Waals surface area contributed by atoms with E-state index in [0.717, 1.165) is 11.9 Å². The number of ether oxygens (including phenoxy) is 1. The number of fused-ring (bicyclic) bond motifs is 1. The third kappa shape index (κ3) is 3.74. The van der Waals surface area contributed by atoms with Gasteiger partial charge < -0.3 is 19.8 Å². The summed E-state index contributed by atoms with van der Waals surface area (Å²) < 4.78 is 50.2. The Balaban J connectivity index is 1.85. The van der Waals surface area contributed by atoms with E-state index in [1.807, 2.05) is 12.1 Å². The van der Waals surface area contributed by atoms with Crippen molar-refractivity contribution in [3.05, 3.63) is 71.7 Å². The van der Waals surface area contributed by atoms with E-state index in [-0.39, 0.29) is 5.69 Å². The van der Waals surface area contributed by atoms with Crippen LogP contribution in [0.1, 0.15) is 17.3 Å². The van der Waals surface area contributed by atoms with Gasteiger partial charge in [-0.05, 0) is 48.5 Å². The molecular weight excluding hydrogens is 411 g/mol. The molecule has 0 amide bonds. The minimum Gasteiger partial charge on any atom is -0.497 e. The lowest BCUT2D eigenvalue weighted by molar-refractivity contribution is 0.415. The average molecular weight is 430 g/mol. The van der Waals surface area contributed by atoms with Crippen molar-refractivity contribution in [1.29, 1.82) is 0 Å². The first-order valence-corrected chi connectivity index (χ1v) is 10.8. The summed E-state index contributed by atoms with van der Waals surface area (Å²) in [4.78, 5) is 6.32. The lowest BCUT2D eigenvalue weighted by Gasteiger charge is -2.34. The van der Waals surface area contributed by atoms with E-state index >= 15 is 0 Å². The second-order valence-electron chi connectivity index (χ2n) is 6.70. The molecule has 1 aromatic heterocycles. The van der Waals surface area contributed by atoms with Crippen LogP contribution in [-0.2, 0) is 10.0 Å². The van der Waals surface area contributed by atoms with Gasteiger partial charge in [-0.15, -0.1) is 0 Å². The quantitative estimate of drug-likeness (QED) is 0.642. The van der Waals surface area contributed by atoms with Crippen molar-refractivity contribution in [3.63, 3.8) is 0 Å². The van der Waals surface area contributed by atoms with E-state index in [9.17, 15) is 12.8 Å². The highest BCUT2D eigenvalue weighted by atomic mass is 32.2. The van der Waals surface area contributed by atoms with E-state index in [4.69, 9.17) is 14.9 Å². The van der Waals surface area contributed by atoms with Crippen molar-refractivity contribution in [2.75, 3.05) is 23.0 Å². The Labute approximate surface area is 172 Å². The maximum absolute atomic E-state index is 14.2. The lowest BCUT2D eigenvalue weighted by Crippen LogP contribution is -2.42. The van der Waals surface area contributed by atoms with Crippen molar-refractivity contribution in [2.45, 2.75) is 6.17 Å². The number of benzene rings is 2. The van der Waals surface area contributed by atoms with E-state index in [2.05, 4.69) is 9.71 Å². The van der Waals surface area contributed by atoms with E-state index in [1.54, 1.807) is 30.2 Å². The summed E-state index contributed by atoms with van der Waals surface area (Å²) in [7, 11) is -2.10. The van der Waals surface area contributed by atoms with E-state index in [0.29, 0.717) is 28.6 Å². The van der Waals surface area contributed by atoms with Gasteiger partial charge in [-0.2, -0.15) is 4.99 Å². The number of nitrogens with zero attached hydrogens (tertiary/aromatic N) is 2. The van der Waals surface area contributed by atoms with Gasteiger partial charge in [-0.1, -0.05) is 0 Å². The van der Waals surface area contributed by atoms with Crippen molar-refractivity contribution in [1.82, 2.24) is 0 Å². The first kappa shape index (κ1) is 19.9. The van der Waals surface area contributed by atoms with Crippen molar-refractivity contribution in [3.8, 4) is 5.75 Å². The zero-order valence-corrected chi connectivity index (χ0v) is 17.0. The fourth-order valence-corrected chi connectivity index (χ4v) is 3.78. The SMILES string of the molecule is COc1ccc(N2C(c3ccc(F)c(NS(C)(=O)=O)c3)=Nc3occc3C2N)cc1. The van der Waals surface area contributed by atoms with Crippen LogP contribution in [0.2, 0.25) is 0 Å². The molecule has 30 heavy (non-hydrogen) atoms. The van der Waals surface area contributed by atoms with Crippen molar-refractivity contribution in [2.24, 2.45) is 10.7 Å². The maximum Gasteiger partial charge on any atom is 0.229 e. The second-order valence-corrected chi connectivity index (χ2v) is 8.45. The number of amidine groups is 1. The standard InChI is InChI=1S/C20H19FN4O4S/c1-28-14-6-4-13(5-7-14)25-18(22)15-9-10-29-20(15)23-19(25)12-3-8-16(21)17(11-12)24-30(2,26)27/h3-11,18,24H,22H2,1-2H3. The van der Waals surface area contributed by atoms with Gasteiger partial charge in [0.05, 0.1) is 30.9 Å². The molecule has 2 aromatic carbocycles. The number of anilines is 2. The highest BCUT2D eigenvalue weighted by Gasteiger charge is 2.31. The van der Waals surface area contributed by atoms with Crippen LogP contribution in [0.25, 0.3) is 0 Å². The molecule has 10 heteroatoms. The first-order chi connectivity index (χ1) is 14.3. The van der Waals surface area contributed by atoms with Gasteiger partial charge in [0.2, 0.25) is 15.9 Å². The van der Waals surface area contributed by atoms with Crippen LogP contribution < -0.4 is 20.1 Å². The summed E-state index contributed by atoms with van der Waals surface area (Å²) in [6.45, 7) is 0. The van der Waals surface area contributed by atoms with Crippen LogP contribution in [0.5, 0.6) is 5.75 Å². The monoisotopic (exact) mass is 430 g/mol. The number of nitrogens with one attached hydrogen (secondary N) is 1. The molecule has 8 nitrogen and oxygen atoms in total. The summed E-state index contributed by atoms with van der Waals surface area (Å²) >= 11 is 0. The molecule has 0 spiro atoms.